The topological polar surface area (TPSA) is 67.6 Å². The lowest BCUT2D eigenvalue weighted by atomic mass is 9.88. The molecule has 1 unspecified atom stereocenters. The van der Waals surface area contributed by atoms with Crippen LogP contribution in [0.5, 0.6) is 5.75 Å². The Balaban J connectivity index is 2.24. The molecule has 0 aliphatic heterocycles. The van der Waals surface area contributed by atoms with Crippen molar-refractivity contribution in [3.05, 3.63) is 46.8 Å². The molecular formula is C22H33N3O3. The van der Waals surface area contributed by atoms with Crippen molar-refractivity contribution in [1.29, 1.82) is 0 Å². The zero-order chi connectivity index (χ0) is 20.9. The molecule has 6 heteroatoms. The standard InChI is InChI=1S/C22H33N3O3/c1-8-25(9-2)18(16-10-12-17(27-7)13-11-16)14-23-21(26)19-15(3)28-24-20(19)22(4,5)6/h10-13,18H,8-9,14H2,1-7H3,(H,23,26). The molecule has 154 valence electrons. The maximum absolute atomic E-state index is 13.0. The number of aryl methyl sites for hydroxylation is 1. The third-order valence-electron chi connectivity index (χ3n) is 5.01. The number of methoxy groups -OCH3 is 1. The van der Waals surface area contributed by atoms with Crippen molar-refractivity contribution in [3.63, 3.8) is 0 Å². The van der Waals surface area contributed by atoms with E-state index in [1.54, 1.807) is 14.0 Å². The Hall–Kier alpha value is -2.34. The number of hydrogen-bond donors (Lipinski definition) is 1. The van der Waals surface area contributed by atoms with Gasteiger partial charge < -0.3 is 14.6 Å². The van der Waals surface area contributed by atoms with Crippen LogP contribution in [0.15, 0.2) is 28.8 Å². The normalized spacial score (nSPS) is 12.9. The second-order valence-electron chi connectivity index (χ2n) is 7.93. The third kappa shape index (κ3) is 4.93. The number of amides is 1. The van der Waals surface area contributed by atoms with E-state index in [-0.39, 0.29) is 17.4 Å². The summed E-state index contributed by atoms with van der Waals surface area (Å²) in [6.45, 7) is 14.4. The molecule has 2 rings (SSSR count). The van der Waals surface area contributed by atoms with Crippen LogP contribution in [0, 0.1) is 6.92 Å². The average molecular weight is 388 g/mol. The van der Waals surface area contributed by atoms with Crippen molar-refractivity contribution in [2.75, 3.05) is 26.7 Å². The van der Waals surface area contributed by atoms with Gasteiger partial charge in [0.1, 0.15) is 22.8 Å². The Kier molecular flexibility index (Phi) is 7.24. The van der Waals surface area contributed by atoms with E-state index in [9.17, 15) is 4.79 Å². The number of likely N-dealkylation sites (N-methyl/N-ethyl adjacent to an activating group) is 1. The van der Waals surface area contributed by atoms with Crippen molar-refractivity contribution in [2.24, 2.45) is 0 Å². The van der Waals surface area contributed by atoms with Gasteiger partial charge in [0.05, 0.1) is 13.2 Å². The maximum atomic E-state index is 13.0. The van der Waals surface area contributed by atoms with Gasteiger partial charge in [-0.05, 0) is 37.7 Å². The highest BCUT2D eigenvalue weighted by Crippen LogP contribution is 2.27. The molecule has 0 spiro atoms. The van der Waals surface area contributed by atoms with E-state index in [2.05, 4.69) is 41.4 Å². The first-order chi connectivity index (χ1) is 13.2. The first-order valence-electron chi connectivity index (χ1n) is 9.85. The predicted octanol–water partition coefficient (Wildman–Crippen LogP) is 4.10. The van der Waals surface area contributed by atoms with Gasteiger partial charge >= 0.3 is 0 Å². The highest BCUT2D eigenvalue weighted by atomic mass is 16.5. The Morgan fingerprint density at radius 3 is 2.32 bits per heavy atom. The molecule has 1 aromatic heterocycles. The molecule has 1 atom stereocenters. The summed E-state index contributed by atoms with van der Waals surface area (Å²) < 4.78 is 10.6. The van der Waals surface area contributed by atoms with E-state index in [4.69, 9.17) is 9.26 Å². The molecular weight excluding hydrogens is 354 g/mol. The van der Waals surface area contributed by atoms with Crippen LogP contribution in [0.2, 0.25) is 0 Å². The predicted molar refractivity (Wildman–Crippen MR) is 111 cm³/mol. The zero-order valence-electron chi connectivity index (χ0n) is 18.1. The molecule has 0 bridgehead atoms. The molecule has 0 saturated carbocycles. The molecule has 0 saturated heterocycles. The molecule has 0 fully saturated rings. The molecule has 0 aliphatic carbocycles. The molecule has 0 radical (unpaired) electrons. The van der Waals surface area contributed by atoms with E-state index >= 15 is 0 Å². The van der Waals surface area contributed by atoms with Crippen molar-refractivity contribution in [3.8, 4) is 5.75 Å². The quantitative estimate of drug-likeness (QED) is 0.738. The summed E-state index contributed by atoms with van der Waals surface area (Å²) in [4.78, 5) is 15.3. The molecule has 28 heavy (non-hydrogen) atoms. The van der Waals surface area contributed by atoms with Crippen LogP contribution in [0.25, 0.3) is 0 Å². The van der Waals surface area contributed by atoms with Crippen LogP contribution in [-0.2, 0) is 5.41 Å². The zero-order valence-corrected chi connectivity index (χ0v) is 18.1. The van der Waals surface area contributed by atoms with Gasteiger partial charge in [-0.1, -0.05) is 51.9 Å². The summed E-state index contributed by atoms with van der Waals surface area (Å²) in [5, 5.41) is 7.22. The number of rotatable bonds is 8. The lowest BCUT2D eigenvalue weighted by Crippen LogP contribution is -2.38. The second-order valence-corrected chi connectivity index (χ2v) is 7.93. The number of nitrogens with zero attached hydrogens (tertiary/aromatic N) is 2. The first-order valence-corrected chi connectivity index (χ1v) is 9.85. The van der Waals surface area contributed by atoms with Crippen molar-refractivity contribution in [2.45, 2.75) is 53.0 Å². The van der Waals surface area contributed by atoms with Gasteiger partial charge in [-0.25, -0.2) is 0 Å². The molecule has 0 aliphatic rings. The lowest BCUT2D eigenvalue weighted by Gasteiger charge is -2.30. The molecule has 6 nitrogen and oxygen atoms in total. The summed E-state index contributed by atoms with van der Waals surface area (Å²) >= 11 is 0. The highest BCUT2D eigenvalue weighted by molar-refractivity contribution is 5.96. The van der Waals surface area contributed by atoms with E-state index in [1.165, 1.54) is 0 Å². The minimum absolute atomic E-state index is 0.0723. The van der Waals surface area contributed by atoms with Crippen LogP contribution in [0.3, 0.4) is 0 Å². The van der Waals surface area contributed by atoms with Crippen LogP contribution in [0.1, 0.15) is 68.0 Å². The van der Waals surface area contributed by atoms with Gasteiger partial charge in [0.25, 0.3) is 5.91 Å². The van der Waals surface area contributed by atoms with Crippen LogP contribution >= 0.6 is 0 Å². The summed E-state index contributed by atoms with van der Waals surface area (Å²) in [6.07, 6.45) is 0. The SMILES string of the molecule is CCN(CC)C(CNC(=O)c1c(C(C)(C)C)noc1C)c1ccc(OC)cc1. The Bertz CT molecular complexity index is 771. The molecule has 1 heterocycles. The molecule has 1 aromatic carbocycles. The maximum Gasteiger partial charge on any atom is 0.256 e. The highest BCUT2D eigenvalue weighted by Gasteiger charge is 2.29. The van der Waals surface area contributed by atoms with Gasteiger partial charge in [0, 0.05) is 12.0 Å². The first kappa shape index (κ1) is 22.0. The minimum Gasteiger partial charge on any atom is -0.497 e. The lowest BCUT2D eigenvalue weighted by molar-refractivity contribution is 0.0931. The number of carbonyl (C=O) groups excluding carboxylic acids is 1. The van der Waals surface area contributed by atoms with Gasteiger partial charge in [0.15, 0.2) is 0 Å². The fraction of sp³-hybridized carbons (Fsp3) is 0.545. The number of carbonyl (C=O) groups is 1. The molecule has 2 aromatic rings. The van der Waals surface area contributed by atoms with E-state index < -0.39 is 0 Å². The van der Waals surface area contributed by atoms with Crippen LogP contribution < -0.4 is 10.1 Å². The minimum atomic E-state index is -0.265. The van der Waals surface area contributed by atoms with Gasteiger partial charge in [-0.2, -0.15) is 0 Å². The van der Waals surface area contributed by atoms with E-state index in [0.717, 1.165) is 24.4 Å². The van der Waals surface area contributed by atoms with Gasteiger partial charge in [-0.15, -0.1) is 0 Å². The molecule has 1 amide bonds. The van der Waals surface area contributed by atoms with Crippen LogP contribution in [-0.4, -0.2) is 42.7 Å². The number of hydrogen-bond acceptors (Lipinski definition) is 5. The van der Waals surface area contributed by atoms with E-state index in [1.807, 2.05) is 32.9 Å². The number of benzene rings is 1. The number of ether oxygens (including phenoxy) is 1. The van der Waals surface area contributed by atoms with Crippen molar-refractivity contribution in [1.82, 2.24) is 15.4 Å². The monoisotopic (exact) mass is 387 g/mol. The smallest absolute Gasteiger partial charge is 0.256 e. The fourth-order valence-corrected chi connectivity index (χ4v) is 3.38. The van der Waals surface area contributed by atoms with Gasteiger partial charge in [0.2, 0.25) is 0 Å². The third-order valence-corrected chi connectivity index (χ3v) is 5.01. The Morgan fingerprint density at radius 1 is 1.21 bits per heavy atom. The van der Waals surface area contributed by atoms with Crippen molar-refractivity contribution >= 4 is 5.91 Å². The largest absolute Gasteiger partial charge is 0.497 e. The summed E-state index contributed by atoms with van der Waals surface area (Å²) in [7, 11) is 1.66. The summed E-state index contributed by atoms with van der Waals surface area (Å²) in [5.41, 5.74) is 2.10. The number of nitrogens with one attached hydrogen (secondary N) is 1. The summed E-state index contributed by atoms with van der Waals surface area (Å²) in [5.74, 6) is 1.22. The van der Waals surface area contributed by atoms with Crippen LogP contribution in [0.4, 0.5) is 0 Å². The number of aromatic nitrogens is 1. The summed E-state index contributed by atoms with van der Waals surface area (Å²) in [6, 6.07) is 8.09. The van der Waals surface area contributed by atoms with E-state index in [0.29, 0.717) is 23.6 Å². The Labute approximate surface area is 168 Å². The molecule has 1 N–H and O–H groups in total. The Morgan fingerprint density at radius 2 is 1.82 bits per heavy atom. The average Bonchev–Trinajstić information content (AvgIpc) is 3.07. The fourth-order valence-electron chi connectivity index (χ4n) is 3.38. The van der Waals surface area contributed by atoms with Gasteiger partial charge in [-0.3, -0.25) is 9.69 Å². The second kappa shape index (κ2) is 9.24. The van der Waals surface area contributed by atoms with Crippen molar-refractivity contribution < 1.29 is 14.1 Å².